The Balaban J connectivity index is 1.56. The highest BCUT2D eigenvalue weighted by Crippen LogP contribution is 2.57. The molecule has 2 aliphatic carbocycles. The average Bonchev–Trinajstić information content (AvgIpc) is 3.27. The molecule has 0 spiro atoms. The van der Waals surface area contributed by atoms with Crippen LogP contribution in [-0.4, -0.2) is 37.8 Å². The Morgan fingerprint density at radius 3 is 2.46 bits per heavy atom. The zero-order chi connectivity index (χ0) is 29.2. The first-order valence-electron chi connectivity index (χ1n) is 14.1. The second-order valence-corrected chi connectivity index (χ2v) is 13.8. The lowest BCUT2D eigenvalue weighted by Crippen LogP contribution is -2.55. The summed E-state index contributed by atoms with van der Waals surface area (Å²) in [5.74, 6) is -0.151. The molecule has 3 atom stereocenters. The summed E-state index contributed by atoms with van der Waals surface area (Å²) in [5.41, 5.74) is 5.01. The number of aromatic nitrogens is 1. The van der Waals surface area contributed by atoms with E-state index >= 15 is 0 Å². The summed E-state index contributed by atoms with van der Waals surface area (Å²) >= 11 is 0. The van der Waals surface area contributed by atoms with E-state index in [1.165, 1.54) is 22.0 Å². The number of hydrogen-bond donors (Lipinski definition) is 0. The molecular formula is C33H36N2O5S. The first kappa shape index (κ1) is 27.5. The fraction of sp³-hybridized carbons (Fsp3) is 0.394. The highest BCUT2D eigenvalue weighted by Gasteiger charge is 2.55. The van der Waals surface area contributed by atoms with E-state index in [2.05, 4.69) is 31.1 Å². The Bertz CT molecular complexity index is 1820. The highest BCUT2D eigenvalue weighted by molar-refractivity contribution is 7.90. The predicted molar refractivity (Wildman–Crippen MR) is 161 cm³/mol. The van der Waals surface area contributed by atoms with Crippen LogP contribution in [0.5, 0.6) is 0 Å². The summed E-state index contributed by atoms with van der Waals surface area (Å²) in [6.07, 6.45) is 3.24. The number of esters is 1. The Labute approximate surface area is 241 Å². The van der Waals surface area contributed by atoms with Crippen LogP contribution in [0.15, 0.2) is 70.7 Å². The second kappa shape index (κ2) is 9.72. The Morgan fingerprint density at radius 1 is 1.02 bits per heavy atom. The van der Waals surface area contributed by atoms with Crippen LogP contribution in [0, 0.1) is 18.3 Å². The molecule has 41 heavy (non-hydrogen) atoms. The van der Waals surface area contributed by atoms with E-state index in [-0.39, 0.29) is 28.8 Å². The average molecular weight is 573 g/mol. The summed E-state index contributed by atoms with van der Waals surface area (Å²) < 4.78 is 35.3. The monoisotopic (exact) mass is 572 g/mol. The number of carbonyl (C=O) groups excluding carboxylic acids is 1. The van der Waals surface area contributed by atoms with E-state index in [0.717, 1.165) is 47.7 Å². The normalized spacial score (nSPS) is 25.2. The largest absolute Gasteiger partial charge is 0.465 e. The van der Waals surface area contributed by atoms with Crippen molar-refractivity contribution < 1.29 is 22.8 Å². The Morgan fingerprint density at radius 2 is 1.76 bits per heavy atom. The lowest BCUT2D eigenvalue weighted by molar-refractivity contribution is -0.144. The van der Waals surface area contributed by atoms with Crippen LogP contribution in [0.25, 0.3) is 21.8 Å². The molecule has 8 heteroatoms. The first-order valence-corrected chi connectivity index (χ1v) is 15.6. The Hall–Kier alpha value is -3.65. The van der Waals surface area contributed by atoms with E-state index in [0.29, 0.717) is 11.0 Å². The van der Waals surface area contributed by atoms with E-state index < -0.39 is 15.4 Å². The van der Waals surface area contributed by atoms with Crippen LogP contribution in [0.2, 0.25) is 0 Å². The molecule has 6 rings (SSSR count). The summed E-state index contributed by atoms with van der Waals surface area (Å²) in [7, 11) is -2.28. The minimum atomic E-state index is -3.84. The van der Waals surface area contributed by atoms with Crippen molar-refractivity contribution in [2.24, 2.45) is 16.5 Å². The van der Waals surface area contributed by atoms with Gasteiger partial charge in [-0.3, -0.25) is 4.79 Å². The number of benzene rings is 3. The summed E-state index contributed by atoms with van der Waals surface area (Å²) in [6.45, 7) is 8.07. The zero-order valence-electron chi connectivity index (χ0n) is 24.2. The van der Waals surface area contributed by atoms with Crippen molar-refractivity contribution in [3.63, 3.8) is 0 Å². The van der Waals surface area contributed by atoms with Gasteiger partial charge in [-0.25, -0.2) is 12.4 Å². The summed E-state index contributed by atoms with van der Waals surface area (Å²) in [6, 6.07) is 19.1. The van der Waals surface area contributed by atoms with Crippen molar-refractivity contribution in [3.8, 4) is 0 Å². The van der Waals surface area contributed by atoms with Crippen LogP contribution in [-0.2, 0) is 36.2 Å². The molecular weight excluding hydrogens is 536 g/mol. The van der Waals surface area contributed by atoms with E-state index in [1.54, 1.807) is 19.2 Å². The number of carbonyl (C=O) groups is 1. The number of aryl methyl sites for hydroxylation is 2. The van der Waals surface area contributed by atoms with Crippen LogP contribution in [0.1, 0.15) is 56.7 Å². The third kappa shape index (κ3) is 4.18. The Kier molecular flexibility index (Phi) is 6.53. The highest BCUT2D eigenvalue weighted by atomic mass is 32.2. The third-order valence-corrected chi connectivity index (χ3v) is 11.3. The molecule has 0 aliphatic heterocycles. The molecule has 2 aliphatic rings. The van der Waals surface area contributed by atoms with Gasteiger partial charge in [0.15, 0.2) is 0 Å². The van der Waals surface area contributed by atoms with Gasteiger partial charge in [0.05, 0.1) is 21.6 Å². The number of oxime groups is 1. The van der Waals surface area contributed by atoms with Gasteiger partial charge < -0.3 is 9.57 Å². The minimum absolute atomic E-state index is 0.159. The molecule has 4 aromatic rings. The van der Waals surface area contributed by atoms with Gasteiger partial charge in [-0.2, -0.15) is 0 Å². The fourth-order valence-corrected chi connectivity index (χ4v) is 9.05. The molecule has 0 amide bonds. The van der Waals surface area contributed by atoms with Crippen molar-refractivity contribution in [1.82, 2.24) is 3.97 Å². The molecule has 0 bridgehead atoms. The van der Waals surface area contributed by atoms with Crippen LogP contribution >= 0.6 is 0 Å². The number of hydrogen-bond acceptors (Lipinski definition) is 6. The van der Waals surface area contributed by atoms with Gasteiger partial charge in [-0.15, -0.1) is 0 Å². The van der Waals surface area contributed by atoms with Gasteiger partial charge in [-0.1, -0.05) is 54.9 Å². The van der Waals surface area contributed by atoms with Crippen molar-refractivity contribution in [3.05, 3.63) is 77.4 Å². The molecule has 0 radical (unpaired) electrons. The topological polar surface area (TPSA) is 87.0 Å². The van der Waals surface area contributed by atoms with Gasteiger partial charge in [0.1, 0.15) is 13.7 Å². The van der Waals surface area contributed by atoms with Crippen molar-refractivity contribution in [1.29, 1.82) is 0 Å². The smallest absolute Gasteiger partial charge is 0.302 e. The molecule has 2 unspecified atom stereocenters. The lowest BCUT2D eigenvalue weighted by atomic mass is 9.49. The molecule has 3 aromatic carbocycles. The third-order valence-electron chi connectivity index (χ3n) is 9.59. The van der Waals surface area contributed by atoms with Gasteiger partial charge in [0, 0.05) is 23.1 Å². The first-order chi connectivity index (χ1) is 19.5. The van der Waals surface area contributed by atoms with Crippen molar-refractivity contribution >= 4 is 43.5 Å². The standard InChI is InChI=1S/C33H36N2O5S/c1-21-10-13-24(14-11-21)41(37,38)35-28-9-7-6-8-25(28)26-19-27-23(18-29(26)35)12-15-30-32(27,3)17-16-31(34-39-5)33(30,4)20-40-22(2)36/h6-11,13-14,18-19,30H,12,15-17,20H2,1-5H3/b34-31+/t30-,32?,33?/m1/s1. The predicted octanol–water partition coefficient (Wildman–Crippen LogP) is 6.53. The lowest BCUT2D eigenvalue weighted by Gasteiger charge is -2.55. The van der Waals surface area contributed by atoms with E-state index in [4.69, 9.17) is 9.57 Å². The fourth-order valence-electron chi connectivity index (χ4n) is 7.53. The van der Waals surface area contributed by atoms with Crippen molar-refractivity contribution in [2.45, 2.75) is 63.7 Å². The number of para-hydroxylation sites is 1. The van der Waals surface area contributed by atoms with E-state index in [9.17, 15) is 13.2 Å². The van der Waals surface area contributed by atoms with Gasteiger partial charge in [-0.05, 0) is 85.4 Å². The van der Waals surface area contributed by atoms with Crippen LogP contribution in [0.3, 0.4) is 0 Å². The van der Waals surface area contributed by atoms with Gasteiger partial charge in [0.2, 0.25) is 0 Å². The maximum Gasteiger partial charge on any atom is 0.302 e. The summed E-state index contributed by atoms with van der Waals surface area (Å²) in [4.78, 5) is 17.4. The van der Waals surface area contributed by atoms with Crippen LogP contribution < -0.4 is 0 Å². The molecule has 1 heterocycles. The molecule has 7 nitrogen and oxygen atoms in total. The molecule has 0 saturated heterocycles. The van der Waals surface area contributed by atoms with Gasteiger partial charge in [0.25, 0.3) is 10.0 Å². The molecule has 214 valence electrons. The molecule has 1 fully saturated rings. The van der Waals surface area contributed by atoms with Gasteiger partial charge >= 0.3 is 5.97 Å². The molecule has 1 aromatic heterocycles. The number of fused-ring (bicyclic) bond motifs is 6. The number of rotatable bonds is 5. The molecule has 1 saturated carbocycles. The number of nitrogens with zero attached hydrogens (tertiary/aromatic N) is 2. The molecule has 0 N–H and O–H groups in total. The maximum absolute atomic E-state index is 14.1. The zero-order valence-corrected chi connectivity index (χ0v) is 25.0. The quantitative estimate of drug-likeness (QED) is 0.201. The second-order valence-electron chi connectivity index (χ2n) is 12.1. The van der Waals surface area contributed by atoms with E-state index in [1.807, 2.05) is 43.3 Å². The maximum atomic E-state index is 14.1. The number of ether oxygens (including phenoxy) is 1. The van der Waals surface area contributed by atoms with Crippen molar-refractivity contribution in [2.75, 3.05) is 13.7 Å². The van der Waals surface area contributed by atoms with Crippen LogP contribution in [0.4, 0.5) is 0 Å². The minimum Gasteiger partial charge on any atom is -0.465 e. The SMILES string of the molecule is CO/N=C1\CCC2(C)c3cc4c5ccccc5n(S(=O)(=O)c5ccc(C)cc5)c4cc3CC[C@H]2C1(C)COC(C)=O. The summed E-state index contributed by atoms with van der Waals surface area (Å²) in [5, 5.41) is 6.24.